The van der Waals surface area contributed by atoms with Crippen LogP contribution in [0.4, 0.5) is 5.69 Å². The summed E-state index contributed by atoms with van der Waals surface area (Å²) in [6.45, 7) is 2.72. The Morgan fingerprint density at radius 3 is 3.06 bits per heavy atom. The third-order valence-electron chi connectivity index (χ3n) is 4.45. The number of benzene rings is 1. The van der Waals surface area contributed by atoms with Crippen LogP contribution in [0.25, 0.3) is 0 Å². The molecule has 1 saturated heterocycles. The molecular formula is C14H16N2O. The lowest BCUT2D eigenvalue weighted by molar-refractivity contribution is -0.122. The van der Waals surface area contributed by atoms with Crippen LogP contribution in [-0.2, 0) is 11.2 Å². The second kappa shape index (κ2) is 3.33. The van der Waals surface area contributed by atoms with Crippen LogP contribution in [0.5, 0.6) is 0 Å². The fourth-order valence-electron chi connectivity index (χ4n) is 3.67. The average Bonchev–Trinajstić information content (AvgIpc) is 2.85. The molecule has 4 rings (SSSR count). The fraction of sp³-hybridized carbons (Fsp3) is 0.500. The molecule has 88 valence electrons. The van der Waals surface area contributed by atoms with E-state index >= 15 is 0 Å². The Balaban J connectivity index is 1.96. The Kier molecular flexibility index (Phi) is 1.89. The Morgan fingerprint density at radius 1 is 1.24 bits per heavy atom. The number of hydrogen-bond donors (Lipinski definition) is 1. The monoisotopic (exact) mass is 228 g/mol. The number of anilines is 1. The summed E-state index contributed by atoms with van der Waals surface area (Å²) < 4.78 is 0. The minimum absolute atomic E-state index is 0.177. The molecule has 3 aliphatic heterocycles. The van der Waals surface area contributed by atoms with Crippen LogP contribution in [0.1, 0.15) is 23.5 Å². The first-order valence-electron chi connectivity index (χ1n) is 6.50. The molecule has 1 fully saturated rings. The summed E-state index contributed by atoms with van der Waals surface area (Å²) >= 11 is 0. The van der Waals surface area contributed by atoms with Crippen molar-refractivity contribution in [2.45, 2.75) is 18.8 Å². The molecule has 17 heavy (non-hydrogen) atoms. The highest BCUT2D eigenvalue weighted by molar-refractivity contribution is 6.00. The molecule has 1 aromatic carbocycles. The van der Waals surface area contributed by atoms with Gasteiger partial charge in [0.1, 0.15) is 0 Å². The first-order chi connectivity index (χ1) is 8.36. The smallest absolute Gasteiger partial charge is 0.232 e. The lowest BCUT2D eigenvalue weighted by Gasteiger charge is -2.40. The largest absolute Gasteiger partial charge is 0.315 e. The summed E-state index contributed by atoms with van der Waals surface area (Å²) in [5, 5.41) is 3.37. The van der Waals surface area contributed by atoms with Crippen molar-refractivity contribution < 1.29 is 4.79 Å². The summed E-state index contributed by atoms with van der Waals surface area (Å²) in [6, 6.07) is 6.55. The van der Waals surface area contributed by atoms with Gasteiger partial charge in [-0.05, 0) is 24.0 Å². The molecule has 0 bridgehead atoms. The molecule has 0 radical (unpaired) electrons. The van der Waals surface area contributed by atoms with E-state index in [4.69, 9.17) is 0 Å². The lowest BCUT2D eigenvalue weighted by Crippen LogP contribution is -2.45. The molecule has 1 amide bonds. The van der Waals surface area contributed by atoms with Gasteiger partial charge in [0, 0.05) is 25.6 Å². The molecular weight excluding hydrogens is 212 g/mol. The molecule has 3 nitrogen and oxygen atoms in total. The van der Waals surface area contributed by atoms with E-state index in [-0.39, 0.29) is 5.92 Å². The molecule has 0 spiro atoms. The van der Waals surface area contributed by atoms with E-state index in [0.717, 1.165) is 32.5 Å². The van der Waals surface area contributed by atoms with Crippen molar-refractivity contribution in [1.29, 1.82) is 0 Å². The SMILES string of the molecule is O=C1[C@@H]2CNC[C@@H]2c2cccc3c2N1CCC3. The zero-order valence-electron chi connectivity index (χ0n) is 9.78. The minimum atomic E-state index is 0.177. The number of rotatable bonds is 0. The number of amides is 1. The van der Waals surface area contributed by atoms with Crippen LogP contribution in [0.3, 0.4) is 0 Å². The van der Waals surface area contributed by atoms with Gasteiger partial charge in [-0.3, -0.25) is 4.79 Å². The quantitative estimate of drug-likeness (QED) is 0.725. The molecule has 0 saturated carbocycles. The Bertz CT molecular complexity index is 497. The highest BCUT2D eigenvalue weighted by atomic mass is 16.2. The number of aryl methyl sites for hydroxylation is 1. The zero-order valence-corrected chi connectivity index (χ0v) is 9.78. The van der Waals surface area contributed by atoms with Gasteiger partial charge in [-0.2, -0.15) is 0 Å². The summed E-state index contributed by atoms with van der Waals surface area (Å²) in [6.07, 6.45) is 2.23. The van der Waals surface area contributed by atoms with Crippen LogP contribution in [0.15, 0.2) is 18.2 Å². The van der Waals surface area contributed by atoms with Crippen molar-refractivity contribution in [3.05, 3.63) is 29.3 Å². The van der Waals surface area contributed by atoms with Crippen molar-refractivity contribution in [3.8, 4) is 0 Å². The van der Waals surface area contributed by atoms with Crippen LogP contribution in [0, 0.1) is 5.92 Å². The second-order valence-corrected chi connectivity index (χ2v) is 5.32. The highest BCUT2D eigenvalue weighted by Crippen LogP contribution is 2.44. The van der Waals surface area contributed by atoms with E-state index in [1.807, 2.05) is 4.90 Å². The van der Waals surface area contributed by atoms with Crippen molar-refractivity contribution >= 4 is 11.6 Å². The van der Waals surface area contributed by atoms with Crippen molar-refractivity contribution in [1.82, 2.24) is 5.32 Å². The van der Waals surface area contributed by atoms with Gasteiger partial charge in [0.2, 0.25) is 5.91 Å². The van der Waals surface area contributed by atoms with E-state index in [0.29, 0.717) is 11.8 Å². The maximum absolute atomic E-state index is 12.5. The Hall–Kier alpha value is -1.35. The third kappa shape index (κ3) is 1.18. The fourth-order valence-corrected chi connectivity index (χ4v) is 3.67. The van der Waals surface area contributed by atoms with Crippen molar-refractivity contribution in [2.24, 2.45) is 5.92 Å². The number of hydrogen-bond acceptors (Lipinski definition) is 2. The summed E-state index contributed by atoms with van der Waals surface area (Å²) in [5.74, 6) is 0.933. The number of nitrogens with zero attached hydrogens (tertiary/aromatic N) is 1. The Morgan fingerprint density at radius 2 is 2.12 bits per heavy atom. The van der Waals surface area contributed by atoms with E-state index in [1.54, 1.807) is 0 Å². The van der Waals surface area contributed by atoms with Gasteiger partial charge in [0.15, 0.2) is 0 Å². The van der Waals surface area contributed by atoms with Gasteiger partial charge < -0.3 is 10.2 Å². The third-order valence-corrected chi connectivity index (χ3v) is 4.45. The van der Waals surface area contributed by atoms with Gasteiger partial charge in [0.25, 0.3) is 0 Å². The van der Waals surface area contributed by atoms with E-state index in [1.165, 1.54) is 16.8 Å². The molecule has 3 heterocycles. The van der Waals surface area contributed by atoms with Gasteiger partial charge in [-0.15, -0.1) is 0 Å². The predicted molar refractivity (Wildman–Crippen MR) is 66.2 cm³/mol. The summed E-state index contributed by atoms with van der Waals surface area (Å²) in [4.78, 5) is 14.5. The minimum Gasteiger partial charge on any atom is -0.315 e. The Labute approximate surface area is 101 Å². The summed E-state index contributed by atoms with van der Waals surface area (Å²) in [7, 11) is 0. The van der Waals surface area contributed by atoms with E-state index in [2.05, 4.69) is 23.5 Å². The van der Waals surface area contributed by atoms with Gasteiger partial charge in [-0.1, -0.05) is 18.2 Å². The highest BCUT2D eigenvalue weighted by Gasteiger charge is 2.44. The van der Waals surface area contributed by atoms with E-state index < -0.39 is 0 Å². The van der Waals surface area contributed by atoms with Crippen molar-refractivity contribution in [2.75, 3.05) is 24.5 Å². The van der Waals surface area contributed by atoms with Gasteiger partial charge in [0.05, 0.1) is 11.6 Å². The molecule has 1 aromatic rings. The summed E-state index contributed by atoms with van der Waals surface area (Å²) in [5.41, 5.74) is 4.01. The molecule has 0 unspecified atom stereocenters. The lowest BCUT2D eigenvalue weighted by atomic mass is 9.80. The first-order valence-corrected chi connectivity index (χ1v) is 6.50. The standard InChI is InChI=1S/C14H16N2O/c17-14-12-8-15-7-11(12)10-5-1-3-9-4-2-6-16(14)13(9)10/h1,3,5,11-12,15H,2,4,6-8H2/t11-,12-/m1/s1. The molecule has 0 aromatic heterocycles. The number of para-hydroxylation sites is 1. The van der Waals surface area contributed by atoms with Crippen LogP contribution >= 0.6 is 0 Å². The molecule has 3 heteroatoms. The van der Waals surface area contributed by atoms with Crippen LogP contribution < -0.4 is 10.2 Å². The van der Waals surface area contributed by atoms with Crippen LogP contribution in [-0.4, -0.2) is 25.5 Å². The van der Waals surface area contributed by atoms with Crippen LogP contribution in [0.2, 0.25) is 0 Å². The average molecular weight is 228 g/mol. The maximum Gasteiger partial charge on any atom is 0.232 e. The number of carbonyl (C=O) groups is 1. The molecule has 0 aliphatic carbocycles. The first kappa shape index (κ1) is 9.66. The van der Waals surface area contributed by atoms with Crippen molar-refractivity contribution in [3.63, 3.8) is 0 Å². The zero-order chi connectivity index (χ0) is 11.4. The normalized spacial score (nSPS) is 30.1. The van der Waals surface area contributed by atoms with Gasteiger partial charge in [-0.25, -0.2) is 0 Å². The number of nitrogens with one attached hydrogen (secondary N) is 1. The predicted octanol–water partition coefficient (Wildman–Crippen LogP) is 1.28. The molecule has 1 N–H and O–H groups in total. The molecule has 2 atom stereocenters. The molecule has 3 aliphatic rings. The number of fused-ring (bicyclic) bond motifs is 2. The van der Waals surface area contributed by atoms with E-state index in [9.17, 15) is 4.79 Å². The number of carbonyl (C=O) groups excluding carboxylic acids is 1. The second-order valence-electron chi connectivity index (χ2n) is 5.32. The van der Waals surface area contributed by atoms with Gasteiger partial charge >= 0.3 is 0 Å². The maximum atomic E-state index is 12.5. The topological polar surface area (TPSA) is 32.3 Å².